The Balaban J connectivity index is 3.53. The second kappa shape index (κ2) is 4.88. The maximum atomic E-state index is 13.6. The lowest BCUT2D eigenvalue weighted by Crippen LogP contribution is -2.23. The van der Waals surface area contributed by atoms with Crippen molar-refractivity contribution in [3.05, 3.63) is 17.4 Å². The lowest BCUT2D eigenvalue weighted by molar-refractivity contribution is -0.138. The normalized spacial score (nSPS) is 12.0. The number of hydrogen-bond donors (Lipinski definition) is 3. The molecule has 0 aliphatic rings. The van der Waals surface area contributed by atoms with E-state index < -0.39 is 29.1 Å². The minimum absolute atomic E-state index is 0.00176. The Bertz CT molecular complexity index is 449. The molecule has 0 spiro atoms. The molecule has 0 fully saturated rings. The monoisotopic (exact) mass is 245 g/mol. The summed E-state index contributed by atoms with van der Waals surface area (Å²) in [7, 11) is 2.48. The Labute approximate surface area is 96.4 Å². The molecule has 4 N–H and O–H groups in total. The highest BCUT2D eigenvalue weighted by molar-refractivity contribution is 5.77. The Morgan fingerprint density at radius 3 is 2.47 bits per heavy atom. The predicted molar refractivity (Wildman–Crippen MR) is 55.7 cm³/mol. The second-order valence-corrected chi connectivity index (χ2v) is 3.17. The Morgan fingerprint density at radius 2 is 2.06 bits per heavy atom. The quantitative estimate of drug-likeness (QED) is 0.719. The molecule has 17 heavy (non-hydrogen) atoms. The van der Waals surface area contributed by atoms with E-state index in [0.29, 0.717) is 0 Å². The molecule has 0 saturated carbocycles. The number of rotatable bonds is 4. The van der Waals surface area contributed by atoms with Gasteiger partial charge in [-0.3, -0.25) is 4.79 Å². The van der Waals surface area contributed by atoms with Crippen LogP contribution in [0.4, 0.5) is 4.39 Å². The van der Waals surface area contributed by atoms with Crippen LogP contribution < -0.4 is 15.2 Å². The van der Waals surface area contributed by atoms with Crippen molar-refractivity contribution in [2.24, 2.45) is 5.73 Å². The first-order valence-corrected chi connectivity index (χ1v) is 4.55. The van der Waals surface area contributed by atoms with Crippen molar-refractivity contribution >= 4 is 5.97 Å². The predicted octanol–water partition coefficient (Wildman–Crippen LogP) is 0.633. The number of nitrogens with two attached hydrogens (primary N) is 1. The number of aliphatic carboxylic acids is 1. The molecule has 1 unspecified atom stereocenters. The standard InChI is InChI=1S/C10H12FNO5/c1-16-5-3-4(13)7(11)6(9(5)17-2)8(12)10(14)15/h3,8,13H,12H2,1-2H3,(H,14,15). The number of carboxylic acids is 1. The molecule has 94 valence electrons. The van der Waals surface area contributed by atoms with Gasteiger partial charge in [-0.25, -0.2) is 4.39 Å². The first kappa shape index (κ1) is 13.0. The molecule has 0 aromatic heterocycles. The molecule has 0 aliphatic heterocycles. The van der Waals surface area contributed by atoms with E-state index in [1.807, 2.05) is 0 Å². The number of methoxy groups -OCH3 is 2. The lowest BCUT2D eigenvalue weighted by Gasteiger charge is -2.16. The van der Waals surface area contributed by atoms with Gasteiger partial charge in [0.25, 0.3) is 0 Å². The van der Waals surface area contributed by atoms with Crippen LogP contribution in [0.3, 0.4) is 0 Å². The zero-order valence-corrected chi connectivity index (χ0v) is 9.23. The molecule has 0 aliphatic carbocycles. The van der Waals surface area contributed by atoms with Crippen molar-refractivity contribution < 1.29 is 28.9 Å². The molecular weight excluding hydrogens is 233 g/mol. The summed E-state index contributed by atoms with van der Waals surface area (Å²) in [5.74, 6) is -3.50. The molecule has 0 bridgehead atoms. The topological polar surface area (TPSA) is 102 Å². The second-order valence-electron chi connectivity index (χ2n) is 3.17. The molecule has 0 heterocycles. The maximum absolute atomic E-state index is 13.6. The van der Waals surface area contributed by atoms with Crippen LogP contribution >= 0.6 is 0 Å². The van der Waals surface area contributed by atoms with Crippen molar-refractivity contribution in [3.63, 3.8) is 0 Å². The van der Waals surface area contributed by atoms with Crippen LogP contribution in [0.25, 0.3) is 0 Å². The third-order valence-electron chi connectivity index (χ3n) is 2.20. The van der Waals surface area contributed by atoms with E-state index >= 15 is 0 Å². The van der Waals surface area contributed by atoms with Crippen molar-refractivity contribution in [2.75, 3.05) is 14.2 Å². The summed E-state index contributed by atoms with van der Waals surface area (Å²) < 4.78 is 23.3. The average molecular weight is 245 g/mol. The smallest absolute Gasteiger partial charge is 0.325 e. The SMILES string of the molecule is COc1cc(O)c(F)c(C(N)C(=O)O)c1OC. The lowest BCUT2D eigenvalue weighted by atomic mass is 10.0. The first-order valence-electron chi connectivity index (χ1n) is 4.55. The molecule has 1 aromatic rings. The van der Waals surface area contributed by atoms with Gasteiger partial charge >= 0.3 is 5.97 Å². The fraction of sp³-hybridized carbons (Fsp3) is 0.300. The summed E-state index contributed by atoms with van der Waals surface area (Å²) in [6, 6.07) is -0.683. The van der Waals surface area contributed by atoms with E-state index in [9.17, 15) is 14.3 Å². The third-order valence-corrected chi connectivity index (χ3v) is 2.20. The number of aromatic hydroxyl groups is 1. The highest BCUT2D eigenvalue weighted by Gasteiger charge is 2.28. The fourth-order valence-electron chi connectivity index (χ4n) is 1.39. The van der Waals surface area contributed by atoms with Crippen LogP contribution in [0.15, 0.2) is 6.07 Å². The van der Waals surface area contributed by atoms with Gasteiger partial charge in [0.1, 0.15) is 6.04 Å². The van der Waals surface area contributed by atoms with E-state index in [1.54, 1.807) is 0 Å². The Morgan fingerprint density at radius 1 is 1.47 bits per heavy atom. The number of hydrogen-bond acceptors (Lipinski definition) is 5. The van der Waals surface area contributed by atoms with Crippen molar-refractivity contribution in [3.8, 4) is 17.2 Å². The number of halogens is 1. The zero-order chi connectivity index (χ0) is 13.2. The van der Waals surface area contributed by atoms with Gasteiger partial charge < -0.3 is 25.4 Å². The van der Waals surface area contributed by atoms with Gasteiger partial charge in [0.15, 0.2) is 23.1 Å². The zero-order valence-electron chi connectivity index (χ0n) is 9.23. The van der Waals surface area contributed by atoms with Gasteiger partial charge in [-0.2, -0.15) is 0 Å². The fourth-order valence-corrected chi connectivity index (χ4v) is 1.39. The van der Waals surface area contributed by atoms with Crippen LogP contribution in [-0.2, 0) is 4.79 Å². The van der Waals surface area contributed by atoms with Gasteiger partial charge in [-0.15, -0.1) is 0 Å². The highest BCUT2D eigenvalue weighted by Crippen LogP contribution is 2.40. The van der Waals surface area contributed by atoms with Crippen LogP contribution in [0.5, 0.6) is 17.2 Å². The van der Waals surface area contributed by atoms with E-state index in [2.05, 4.69) is 0 Å². The van der Waals surface area contributed by atoms with Crippen molar-refractivity contribution in [2.45, 2.75) is 6.04 Å². The highest BCUT2D eigenvalue weighted by atomic mass is 19.1. The van der Waals surface area contributed by atoms with Gasteiger partial charge in [-0.05, 0) is 0 Å². The molecule has 1 atom stereocenters. The summed E-state index contributed by atoms with van der Waals surface area (Å²) in [6.07, 6.45) is 0. The van der Waals surface area contributed by atoms with Crippen LogP contribution in [-0.4, -0.2) is 30.4 Å². The molecule has 0 amide bonds. The summed E-state index contributed by atoms with van der Waals surface area (Å²) in [5, 5.41) is 18.1. The van der Waals surface area contributed by atoms with E-state index in [4.69, 9.17) is 20.3 Å². The Hall–Kier alpha value is -2.02. The first-order chi connectivity index (χ1) is 7.93. The van der Waals surface area contributed by atoms with E-state index in [-0.39, 0.29) is 11.5 Å². The summed E-state index contributed by atoms with van der Waals surface area (Å²) in [6.45, 7) is 0. The number of phenols is 1. The van der Waals surface area contributed by atoms with Gasteiger partial charge in [0, 0.05) is 6.07 Å². The number of carboxylic acid groups (broad SMARTS) is 1. The van der Waals surface area contributed by atoms with Crippen LogP contribution in [0, 0.1) is 5.82 Å². The maximum Gasteiger partial charge on any atom is 0.325 e. The summed E-state index contributed by atoms with van der Waals surface area (Å²) >= 11 is 0. The number of benzene rings is 1. The van der Waals surface area contributed by atoms with Crippen molar-refractivity contribution in [1.82, 2.24) is 0 Å². The number of ether oxygens (including phenoxy) is 2. The van der Waals surface area contributed by atoms with E-state index in [1.165, 1.54) is 14.2 Å². The molecule has 0 saturated heterocycles. The van der Waals surface area contributed by atoms with Crippen LogP contribution in [0.1, 0.15) is 11.6 Å². The van der Waals surface area contributed by atoms with Gasteiger partial charge in [0.05, 0.1) is 19.8 Å². The molecule has 1 aromatic carbocycles. The minimum atomic E-state index is -1.66. The molecule has 0 radical (unpaired) electrons. The van der Waals surface area contributed by atoms with E-state index in [0.717, 1.165) is 6.07 Å². The summed E-state index contributed by atoms with van der Waals surface area (Å²) in [4.78, 5) is 10.8. The molecule has 7 heteroatoms. The Kier molecular flexibility index (Phi) is 3.74. The molecule has 6 nitrogen and oxygen atoms in total. The third kappa shape index (κ3) is 2.23. The van der Waals surface area contributed by atoms with Crippen molar-refractivity contribution in [1.29, 1.82) is 0 Å². The largest absolute Gasteiger partial charge is 0.505 e. The van der Waals surface area contributed by atoms with Gasteiger partial charge in [0.2, 0.25) is 0 Å². The number of carbonyl (C=O) groups is 1. The average Bonchev–Trinajstić information content (AvgIpc) is 2.30. The minimum Gasteiger partial charge on any atom is -0.505 e. The van der Waals surface area contributed by atoms with Crippen LogP contribution in [0.2, 0.25) is 0 Å². The molecule has 1 rings (SSSR count). The van der Waals surface area contributed by atoms with Gasteiger partial charge in [-0.1, -0.05) is 0 Å². The number of phenolic OH excluding ortho intramolecular Hbond substituents is 1. The summed E-state index contributed by atoms with van der Waals surface area (Å²) in [5.41, 5.74) is 4.86. The molecular formula is C10H12FNO5.